The minimum Gasteiger partial charge on any atom is -0.394 e. The Morgan fingerprint density at radius 1 is 0.497 bits per heavy atom. The van der Waals surface area contributed by atoms with Crippen LogP contribution in [0, 0.1) is 47.3 Å². The average Bonchev–Trinajstić information content (AvgIpc) is 0.717. The molecule has 3 saturated carbocycles. The van der Waals surface area contributed by atoms with E-state index in [9.17, 15) is 57.8 Å². The third-order valence-electron chi connectivity index (χ3n) is 29.6. The monoisotopic (exact) mass is 2070 g/mol. The van der Waals surface area contributed by atoms with Crippen molar-refractivity contribution in [2.24, 2.45) is 50.3 Å². The molecule has 6 aliphatic rings. The van der Waals surface area contributed by atoms with Gasteiger partial charge in [-0.1, -0.05) is 139 Å². The van der Waals surface area contributed by atoms with Crippen molar-refractivity contribution in [2.45, 2.75) is 250 Å². The van der Waals surface area contributed by atoms with Crippen molar-refractivity contribution in [1.29, 1.82) is 0 Å². The van der Waals surface area contributed by atoms with Crippen LogP contribution in [0.3, 0.4) is 0 Å². The second kappa shape index (κ2) is 60.7. The highest BCUT2D eigenvalue weighted by Crippen LogP contribution is 2.60. The Morgan fingerprint density at radius 3 is 1.64 bits per heavy atom. The first-order valence-electron chi connectivity index (χ1n) is 53.5. The summed E-state index contributed by atoms with van der Waals surface area (Å²) in [6, 6.07) is 21.1. The van der Waals surface area contributed by atoms with Crippen LogP contribution in [0.4, 0.5) is 16.2 Å². The number of hydrogen-bond donors (Lipinski definition) is 13. The highest BCUT2D eigenvalue weighted by atomic mass is 16.6. The number of aliphatic imine (C=N–C) groups is 1. The van der Waals surface area contributed by atoms with Crippen LogP contribution in [0.2, 0.25) is 0 Å². The Morgan fingerprint density at radius 2 is 1.03 bits per heavy atom. The van der Waals surface area contributed by atoms with Crippen LogP contribution >= 0.6 is 0 Å². The Hall–Kier alpha value is -11.2. The SMILES string of the molecule is Cc1ccc2c(c1)[C@@]1(C)CCC[C@](C)(C(=O)NC(=O)[C@@]3(C)CCC[C@]4(C)c5cc(NC(=O)[C@H](CO)NC(=O)[C@H](CCCNC(N)=O)NC(=O)[C@@H](NC(=O)[C@@H](CCCCNC(=O)COC6CCCCCC(=NCCOCCOCCOCCOCCC(=O)NCC[N+](C)(C)C)C6=NN)NC(=O)CCOCCOCCOCCOCCNC(=O)CCC(=O)N6Cc7ccccc7C#Cc7ccccc76)C(C)C)ccc5CC[C@@H]34)[C@@H]1CC2. The fraction of sp³-hybridized carbons (Fsp3) is 0.640. The van der Waals surface area contributed by atoms with Gasteiger partial charge in [0.05, 0.1) is 182 Å². The number of likely N-dealkylation sites (N-methyl/N-ethyl adjacent to an activating group) is 1. The maximum absolute atomic E-state index is 15.1. The van der Waals surface area contributed by atoms with E-state index in [1.54, 1.807) is 24.8 Å². The number of quaternary nitrogens is 1. The third kappa shape index (κ3) is 36.8. The van der Waals surface area contributed by atoms with Crippen molar-refractivity contribution in [3.05, 3.63) is 129 Å². The first kappa shape index (κ1) is 120. The smallest absolute Gasteiger partial charge is 0.312 e. The lowest BCUT2D eigenvalue weighted by Crippen LogP contribution is -2.60. The number of primary amides is 1. The Labute approximate surface area is 878 Å². The number of anilines is 2. The van der Waals surface area contributed by atoms with E-state index in [1.165, 1.54) is 16.7 Å². The lowest BCUT2D eigenvalue weighted by atomic mass is 9.49. The van der Waals surface area contributed by atoms with Gasteiger partial charge in [0, 0.05) is 62.1 Å². The van der Waals surface area contributed by atoms with Gasteiger partial charge in [-0.05, 0) is 196 Å². The molecule has 5 aliphatic carbocycles. The molecule has 0 saturated heterocycles. The van der Waals surface area contributed by atoms with Gasteiger partial charge in [0.2, 0.25) is 65.0 Å². The summed E-state index contributed by atoms with van der Waals surface area (Å²) < 4.78 is 52.3. The summed E-state index contributed by atoms with van der Waals surface area (Å²) in [6.45, 7) is 19.5. The number of hydrazone groups is 1. The lowest BCUT2D eigenvalue weighted by Gasteiger charge is -2.56. The van der Waals surface area contributed by atoms with E-state index in [1.807, 2.05) is 67.6 Å². The van der Waals surface area contributed by atoms with Crippen molar-refractivity contribution >= 4 is 93.8 Å². The maximum atomic E-state index is 15.1. The van der Waals surface area contributed by atoms with E-state index in [0.717, 1.165) is 90.2 Å². The molecular weight excluding hydrogens is 1910 g/mol. The number of amides is 13. The number of aryl methyl sites for hydroxylation is 3. The van der Waals surface area contributed by atoms with Crippen molar-refractivity contribution in [3.63, 3.8) is 0 Å². The number of aliphatic hydroxyl groups is 1. The summed E-state index contributed by atoms with van der Waals surface area (Å²) in [6.07, 6.45) is 11.4. The number of para-hydroxylation sites is 1. The standard InChI is InChI=1S/C111H164N16O22/c1-76(2)99(104(137)121-88(28-20-50-118-107(112)140)101(134)122-89(74-128)103(136)119-83-38-35-80-37-40-93-109(5,85(80)72-83)46-22-48-111(93,7)106(139)124-105(138)110(6)47-21-45-108(4)84-71-77(3)31-32-79(84)36-39-92(108)110)123-102(135)87(120-96(131)44-56-142-60-64-146-68-70-148-66-62-144-58-53-117-94(129)41-42-98(133)126-73-82-25-15-14-23-78(82)33-34-81-24-16-17-29-90(81)126)27-18-19-49-115-97(132)75-149-91-30-13-11-12-26-86(100(91)125-113)114-52-57-143-61-65-147-69-67-145-63-59-141-55-43-95(130)116-51-54-127(8,9)10/h14-17,23-25,29,31-32,35,38,71-72,76,87-89,91-93,99,128H,11-13,18-22,26-28,30,36-37,39-70,73-75H2,1-10H3,(H13-,112,113,114,115,116,117,118,119,120,121,122,123,124,129,130,131,132,134,135,136,137,138,139,140)/p+1/t87-,88+,89+,91?,92-,93-,99+,108-,109-,110+,111+/m1/s1. The second-order valence-electron chi connectivity index (χ2n) is 42.1. The normalized spacial score (nSPS) is 21.1. The van der Waals surface area contributed by atoms with Crippen molar-refractivity contribution in [1.82, 2.24) is 47.9 Å². The first-order valence-corrected chi connectivity index (χ1v) is 53.5. The predicted octanol–water partition coefficient (Wildman–Crippen LogP) is 7.30. The van der Waals surface area contributed by atoms with Gasteiger partial charge >= 0.3 is 6.03 Å². The molecule has 820 valence electrons. The van der Waals surface area contributed by atoms with E-state index in [2.05, 4.69) is 137 Å². The van der Waals surface area contributed by atoms with E-state index < -0.39 is 101 Å². The van der Waals surface area contributed by atoms with Gasteiger partial charge in [-0.2, -0.15) is 5.10 Å². The summed E-state index contributed by atoms with van der Waals surface area (Å²) in [5, 5.41) is 43.0. The molecule has 149 heavy (non-hydrogen) atoms. The molecule has 3 fully saturated rings. The van der Waals surface area contributed by atoms with Gasteiger partial charge in [0.15, 0.2) is 0 Å². The number of nitrogens with zero attached hydrogens (tertiary/aromatic N) is 4. The molecule has 0 aromatic heterocycles. The van der Waals surface area contributed by atoms with E-state index in [-0.39, 0.29) is 177 Å². The Bertz CT molecular complexity index is 5230. The average molecular weight is 2080 g/mol. The quantitative estimate of drug-likeness (QED) is 0.00514. The van der Waals surface area contributed by atoms with Crippen molar-refractivity contribution < 1.29 is 110 Å². The fourth-order valence-corrected chi connectivity index (χ4v) is 21.4. The molecule has 1 heterocycles. The fourth-order valence-electron chi connectivity index (χ4n) is 21.4. The summed E-state index contributed by atoms with van der Waals surface area (Å²) in [5.41, 5.74) is 13.5. The number of rotatable bonds is 61. The topological polar surface area (TPSA) is 508 Å². The van der Waals surface area contributed by atoms with E-state index in [4.69, 9.17) is 59.2 Å². The molecule has 38 heteroatoms. The van der Waals surface area contributed by atoms with Crippen LogP contribution in [-0.4, -0.2) is 302 Å². The van der Waals surface area contributed by atoms with Gasteiger partial charge in [-0.15, -0.1) is 0 Å². The zero-order valence-corrected chi connectivity index (χ0v) is 89.3. The Kier molecular flexibility index (Phi) is 48.8. The summed E-state index contributed by atoms with van der Waals surface area (Å²) in [5.74, 6) is 6.46. The van der Waals surface area contributed by atoms with Crippen LogP contribution in [0.1, 0.15) is 227 Å². The van der Waals surface area contributed by atoms with E-state index in [0.29, 0.717) is 147 Å². The molecule has 15 N–H and O–H groups in total. The van der Waals surface area contributed by atoms with Crippen molar-refractivity contribution in [3.8, 4) is 11.8 Å². The number of ether oxygens (including phenoxy) is 9. The molecule has 1 unspecified atom stereocenters. The van der Waals surface area contributed by atoms with Gasteiger partial charge < -0.3 is 117 Å². The molecule has 0 bridgehead atoms. The lowest BCUT2D eigenvalue weighted by molar-refractivity contribution is -0.869. The maximum Gasteiger partial charge on any atom is 0.312 e. The zero-order chi connectivity index (χ0) is 107. The number of nitrogens with two attached hydrogens (primary N) is 2. The number of fused-ring (bicyclic) bond motifs is 8. The predicted molar refractivity (Wildman–Crippen MR) is 566 cm³/mol. The number of urea groups is 1. The highest BCUT2D eigenvalue weighted by molar-refractivity contribution is 6.44. The van der Waals surface area contributed by atoms with Crippen LogP contribution in [-0.2, 0) is 126 Å². The molecule has 1 aliphatic heterocycles. The van der Waals surface area contributed by atoms with Gasteiger partial charge in [-0.25, -0.2) is 4.79 Å². The largest absolute Gasteiger partial charge is 0.394 e. The minimum absolute atomic E-state index is 0.000313. The number of aliphatic hydroxyl groups excluding tert-OH is 1. The van der Waals surface area contributed by atoms with Crippen LogP contribution in [0.25, 0.3) is 0 Å². The van der Waals surface area contributed by atoms with Gasteiger partial charge in [0.1, 0.15) is 42.6 Å². The second-order valence-corrected chi connectivity index (χ2v) is 42.1. The third-order valence-corrected chi connectivity index (χ3v) is 29.6. The molecule has 10 rings (SSSR count). The summed E-state index contributed by atoms with van der Waals surface area (Å²) in [4.78, 5) is 173. The summed E-state index contributed by atoms with van der Waals surface area (Å²) >= 11 is 0. The molecule has 13 amide bonds. The van der Waals surface area contributed by atoms with E-state index >= 15 is 4.79 Å². The zero-order valence-electron chi connectivity index (χ0n) is 89.3. The van der Waals surface area contributed by atoms with Gasteiger partial charge in [0.25, 0.3) is 0 Å². The number of carbonyl (C=O) groups is 12. The molecule has 38 nitrogen and oxygen atoms in total. The number of benzene rings is 4. The summed E-state index contributed by atoms with van der Waals surface area (Å²) in [7, 11) is 6.21. The molecule has 4 aromatic carbocycles. The number of nitrogens with one attached hydrogen (secondary N) is 10. The molecule has 0 spiro atoms. The first-order chi connectivity index (χ1) is 71.6. The molecule has 4 aromatic rings. The van der Waals surface area contributed by atoms with Crippen LogP contribution in [0.15, 0.2) is 95.0 Å². The highest BCUT2D eigenvalue weighted by Gasteiger charge is 2.59. The Balaban J connectivity index is 0.686. The van der Waals surface area contributed by atoms with Gasteiger partial charge in [-0.3, -0.25) is 63.0 Å². The van der Waals surface area contributed by atoms with Crippen LogP contribution < -0.4 is 69.6 Å². The number of imide groups is 1. The molecule has 0 radical (unpaired) electrons. The molecular formula is C111H165N16O22+. The van der Waals surface area contributed by atoms with Crippen LogP contribution in [0.5, 0.6) is 0 Å². The number of carbonyl (C=O) groups excluding carboxylic acids is 12. The van der Waals surface area contributed by atoms with Crippen molar-refractivity contribution in [2.75, 3.05) is 190 Å². The number of hydrogen-bond acceptors (Lipinski definition) is 25. The minimum atomic E-state index is -1.56. The molecule has 11 atom stereocenters. The number of unbranched alkanes of at least 4 members (excludes halogenated alkanes) is 1.